The molecule has 1 aliphatic heterocycles. The minimum atomic E-state index is -4.12. The Morgan fingerprint density at radius 1 is 0.976 bits per heavy atom. The van der Waals surface area contributed by atoms with Crippen LogP contribution in [0.3, 0.4) is 0 Å². The van der Waals surface area contributed by atoms with Gasteiger partial charge in [-0.25, -0.2) is 17.9 Å². The summed E-state index contributed by atoms with van der Waals surface area (Å²) in [5.41, 5.74) is -2.70. The smallest absolute Gasteiger partial charge is 0.315 e. The quantitative estimate of drug-likeness (QED) is 0.382. The second-order valence-corrected chi connectivity index (χ2v) is 16.0. The first-order valence-corrected chi connectivity index (χ1v) is 15.5. The van der Waals surface area contributed by atoms with Crippen LogP contribution in [0.5, 0.6) is 0 Å². The van der Waals surface area contributed by atoms with E-state index in [4.69, 9.17) is 0 Å². The van der Waals surface area contributed by atoms with Crippen molar-refractivity contribution in [3.63, 3.8) is 0 Å². The molecule has 4 rings (SSSR count). The van der Waals surface area contributed by atoms with Gasteiger partial charge < -0.3 is 20.9 Å². The van der Waals surface area contributed by atoms with Crippen molar-refractivity contribution < 1.29 is 27.6 Å². The molecule has 1 aromatic rings. The van der Waals surface area contributed by atoms with Crippen LogP contribution in [0.25, 0.3) is 0 Å². The highest BCUT2D eigenvalue weighted by atomic mass is 32.2. The molecule has 2 aliphatic carbocycles. The number of sulfonamides is 1. The molecule has 0 aromatic heterocycles. The molecule has 1 saturated heterocycles. The molecule has 0 bridgehead atoms. The van der Waals surface area contributed by atoms with Crippen molar-refractivity contribution in [1.82, 2.24) is 25.6 Å². The van der Waals surface area contributed by atoms with Gasteiger partial charge in [-0.15, -0.1) is 0 Å². The number of rotatable bonds is 7. The van der Waals surface area contributed by atoms with E-state index in [-0.39, 0.29) is 40.9 Å². The molecule has 5 amide bonds. The van der Waals surface area contributed by atoms with Crippen molar-refractivity contribution in [1.29, 1.82) is 0 Å². The van der Waals surface area contributed by atoms with Crippen LogP contribution in [-0.4, -0.2) is 66.8 Å². The Labute approximate surface area is 242 Å². The first-order valence-electron chi connectivity index (χ1n) is 14.0. The summed E-state index contributed by atoms with van der Waals surface area (Å²) < 4.78 is 27.6. The number of urea groups is 1. The molecule has 3 aliphatic rings. The second-order valence-electron chi connectivity index (χ2n) is 14.4. The lowest BCUT2D eigenvalue weighted by Crippen LogP contribution is -2.62. The number of likely N-dealkylation sites (tertiary alicyclic amines) is 1. The number of amides is 5. The normalized spacial score (nSPS) is 24.9. The van der Waals surface area contributed by atoms with Crippen LogP contribution in [-0.2, 0) is 24.4 Å². The molecule has 2 saturated carbocycles. The molecule has 3 fully saturated rings. The summed E-state index contributed by atoms with van der Waals surface area (Å²) in [4.78, 5) is 55.2. The number of carbonyl (C=O) groups excluding carboxylic acids is 4. The lowest BCUT2D eigenvalue weighted by molar-refractivity contribution is -0.144. The van der Waals surface area contributed by atoms with Gasteiger partial charge in [-0.1, -0.05) is 52.8 Å². The maximum Gasteiger partial charge on any atom is 0.315 e. The van der Waals surface area contributed by atoms with Gasteiger partial charge in [-0.05, 0) is 68.4 Å². The summed E-state index contributed by atoms with van der Waals surface area (Å²) in [7, 11) is -4.12. The lowest BCUT2D eigenvalue weighted by Gasteiger charge is -2.38. The Balaban J connectivity index is 1.53. The average molecular weight is 590 g/mol. The summed E-state index contributed by atoms with van der Waals surface area (Å²) >= 11 is 0. The largest absolute Gasteiger partial charge is 0.340 e. The molecule has 11 nitrogen and oxygen atoms in total. The van der Waals surface area contributed by atoms with Crippen molar-refractivity contribution in [2.24, 2.45) is 22.7 Å². The highest BCUT2D eigenvalue weighted by Gasteiger charge is 2.70. The summed E-state index contributed by atoms with van der Waals surface area (Å²) in [6, 6.07) is 5.30. The maximum atomic E-state index is 14.0. The number of nitrogens with zero attached hydrogens (tertiary/aromatic N) is 1. The van der Waals surface area contributed by atoms with E-state index in [2.05, 4.69) is 20.7 Å². The zero-order valence-electron chi connectivity index (χ0n) is 25.1. The van der Waals surface area contributed by atoms with E-state index in [1.807, 2.05) is 55.4 Å². The van der Waals surface area contributed by atoms with Gasteiger partial charge in [0.2, 0.25) is 11.8 Å². The van der Waals surface area contributed by atoms with Crippen LogP contribution in [0, 0.1) is 22.7 Å². The summed E-state index contributed by atoms with van der Waals surface area (Å²) in [6.07, 6.45) is 0.568. The number of piperidine rings is 1. The van der Waals surface area contributed by atoms with Gasteiger partial charge in [0.25, 0.3) is 15.9 Å². The SMILES string of the molecule is CC(C)(C)NC(=O)N[C@H](C(=O)N1CC2C(C1C(=O)NC1(C(=O)NS(=O)(=O)c3ccccc3)CC1)C2(C)C)C(C)(C)C. The van der Waals surface area contributed by atoms with Gasteiger partial charge in [0.1, 0.15) is 17.6 Å². The van der Waals surface area contributed by atoms with Crippen molar-refractivity contribution >= 4 is 33.8 Å². The minimum absolute atomic E-state index is 0.0539. The number of hydrogen-bond acceptors (Lipinski definition) is 6. The van der Waals surface area contributed by atoms with Gasteiger partial charge in [0, 0.05) is 12.1 Å². The fraction of sp³-hybridized carbons (Fsp3) is 0.655. The maximum absolute atomic E-state index is 14.0. The number of hydrogen-bond donors (Lipinski definition) is 4. The molecule has 0 radical (unpaired) electrons. The zero-order valence-corrected chi connectivity index (χ0v) is 25.9. The minimum Gasteiger partial charge on any atom is -0.340 e. The molecular weight excluding hydrogens is 546 g/mol. The molecule has 226 valence electrons. The fourth-order valence-electron chi connectivity index (χ4n) is 5.86. The highest BCUT2D eigenvalue weighted by molar-refractivity contribution is 7.90. The summed E-state index contributed by atoms with van der Waals surface area (Å²) in [5.74, 6) is -1.69. The molecule has 41 heavy (non-hydrogen) atoms. The predicted molar refractivity (Wildman–Crippen MR) is 153 cm³/mol. The first-order chi connectivity index (χ1) is 18.7. The molecule has 4 N–H and O–H groups in total. The number of nitrogens with one attached hydrogen (secondary N) is 4. The Hall–Kier alpha value is -3.15. The third-order valence-corrected chi connectivity index (χ3v) is 9.81. The highest BCUT2D eigenvalue weighted by Crippen LogP contribution is 2.65. The van der Waals surface area contributed by atoms with E-state index >= 15 is 0 Å². The average Bonchev–Trinajstić information content (AvgIpc) is 3.65. The Bertz CT molecular complexity index is 1340. The molecule has 4 atom stereocenters. The molecular formula is C29H43N5O6S. The second kappa shape index (κ2) is 9.99. The molecule has 0 spiro atoms. The Morgan fingerprint density at radius 2 is 1.56 bits per heavy atom. The monoisotopic (exact) mass is 589 g/mol. The van der Waals surface area contributed by atoms with Crippen molar-refractivity contribution in [2.75, 3.05) is 6.54 Å². The standard InChI is InChI=1S/C29H43N5O6S/c1-26(2,3)21(30-25(38)32-27(4,5)6)23(36)34-16-18-19(28(18,7)8)20(34)22(35)31-29(14-15-29)24(37)33-41(39,40)17-12-10-9-11-13-17/h9-13,18-21H,14-16H2,1-8H3,(H,31,35)(H,33,37)(H2,30,32,38)/t18?,19?,20?,21-/m1/s1. The topological polar surface area (TPSA) is 154 Å². The van der Waals surface area contributed by atoms with Crippen LogP contribution >= 0.6 is 0 Å². The van der Waals surface area contributed by atoms with E-state index in [9.17, 15) is 27.6 Å². The van der Waals surface area contributed by atoms with Crippen LogP contribution in [0.1, 0.15) is 68.2 Å². The van der Waals surface area contributed by atoms with E-state index in [0.29, 0.717) is 6.54 Å². The molecule has 12 heteroatoms. The lowest BCUT2D eigenvalue weighted by atomic mass is 9.85. The Kier molecular flexibility index (Phi) is 7.51. The van der Waals surface area contributed by atoms with E-state index < -0.39 is 56.4 Å². The third-order valence-electron chi connectivity index (χ3n) is 8.46. The Morgan fingerprint density at radius 3 is 2.07 bits per heavy atom. The third kappa shape index (κ3) is 6.22. The van der Waals surface area contributed by atoms with Crippen LogP contribution < -0.4 is 20.7 Å². The summed E-state index contributed by atoms with van der Waals surface area (Å²) in [5, 5.41) is 8.44. The van der Waals surface area contributed by atoms with Crippen molar-refractivity contribution in [2.45, 2.75) is 96.3 Å². The number of benzene rings is 1. The number of fused-ring (bicyclic) bond motifs is 1. The van der Waals surface area contributed by atoms with E-state index in [1.54, 1.807) is 18.2 Å². The van der Waals surface area contributed by atoms with Crippen LogP contribution in [0.2, 0.25) is 0 Å². The van der Waals surface area contributed by atoms with Crippen LogP contribution in [0.15, 0.2) is 35.2 Å². The van der Waals surface area contributed by atoms with Crippen molar-refractivity contribution in [3.05, 3.63) is 30.3 Å². The van der Waals surface area contributed by atoms with Gasteiger partial charge in [0.15, 0.2) is 0 Å². The van der Waals surface area contributed by atoms with Crippen molar-refractivity contribution in [3.8, 4) is 0 Å². The molecule has 1 aromatic carbocycles. The van der Waals surface area contributed by atoms with E-state index in [1.165, 1.54) is 17.0 Å². The first kappa shape index (κ1) is 30.8. The molecule has 3 unspecified atom stereocenters. The predicted octanol–water partition coefficient (Wildman–Crippen LogP) is 2.14. The van der Waals surface area contributed by atoms with Gasteiger partial charge in [0.05, 0.1) is 4.90 Å². The van der Waals surface area contributed by atoms with Crippen LogP contribution in [0.4, 0.5) is 4.79 Å². The number of carbonyl (C=O) groups is 4. The zero-order chi connectivity index (χ0) is 30.8. The molecule has 1 heterocycles. The van der Waals surface area contributed by atoms with Gasteiger partial charge >= 0.3 is 6.03 Å². The fourth-order valence-corrected chi connectivity index (χ4v) is 6.93. The van der Waals surface area contributed by atoms with Gasteiger partial charge in [-0.3, -0.25) is 14.4 Å². The van der Waals surface area contributed by atoms with E-state index in [0.717, 1.165) is 0 Å². The summed E-state index contributed by atoms with van der Waals surface area (Å²) in [6.45, 7) is 15.5. The van der Waals surface area contributed by atoms with Gasteiger partial charge in [-0.2, -0.15) is 0 Å².